The van der Waals surface area contributed by atoms with Gasteiger partial charge in [-0.25, -0.2) is 4.79 Å². The van der Waals surface area contributed by atoms with Gasteiger partial charge in [0.2, 0.25) is 0 Å². The van der Waals surface area contributed by atoms with Gasteiger partial charge in [0.25, 0.3) is 5.60 Å². The van der Waals surface area contributed by atoms with Gasteiger partial charge in [-0.3, -0.25) is 14.6 Å². The van der Waals surface area contributed by atoms with Crippen LogP contribution < -0.4 is 27.4 Å². The summed E-state index contributed by atoms with van der Waals surface area (Å²) in [6.07, 6.45) is 13.7. The summed E-state index contributed by atoms with van der Waals surface area (Å²) < 4.78 is 12.7. The third-order valence-corrected chi connectivity index (χ3v) is 12.2. The van der Waals surface area contributed by atoms with Crippen LogP contribution in [0.5, 0.6) is 0 Å². The zero-order chi connectivity index (χ0) is 36.1. The highest BCUT2D eigenvalue weighted by molar-refractivity contribution is 6.23. The summed E-state index contributed by atoms with van der Waals surface area (Å²) in [6.45, 7) is 7.71. The van der Waals surface area contributed by atoms with Gasteiger partial charge in [0.1, 0.15) is 6.10 Å². The van der Waals surface area contributed by atoms with Crippen LogP contribution in [0.1, 0.15) is 97.8 Å². The van der Waals surface area contributed by atoms with Crippen molar-refractivity contribution in [1.29, 1.82) is 0 Å². The van der Waals surface area contributed by atoms with Crippen LogP contribution in [0.25, 0.3) is 0 Å². The van der Waals surface area contributed by atoms with E-state index in [1.165, 1.54) is 0 Å². The fourth-order valence-corrected chi connectivity index (χ4v) is 9.31. The summed E-state index contributed by atoms with van der Waals surface area (Å²) in [4.78, 5) is 47.5. The molecule has 0 aromatic carbocycles. The zero-order valence-electron chi connectivity index (χ0n) is 30.6. The van der Waals surface area contributed by atoms with E-state index in [9.17, 15) is 19.5 Å². The van der Waals surface area contributed by atoms with Crippen molar-refractivity contribution in [1.82, 2.24) is 16.0 Å². The van der Waals surface area contributed by atoms with Crippen LogP contribution in [0.2, 0.25) is 0 Å². The Morgan fingerprint density at radius 1 is 1.18 bits per heavy atom. The molecule has 3 aliphatic carbocycles. The number of nitrogens with one attached hydrogen (secondary N) is 3. The lowest BCUT2D eigenvalue weighted by Gasteiger charge is -2.39. The van der Waals surface area contributed by atoms with Gasteiger partial charge in [0, 0.05) is 49.9 Å². The summed E-state index contributed by atoms with van der Waals surface area (Å²) in [5.74, 6) is -1.28. The quantitative estimate of drug-likeness (QED) is 0.0368. The van der Waals surface area contributed by atoms with Gasteiger partial charge in [-0.1, -0.05) is 50.5 Å². The summed E-state index contributed by atoms with van der Waals surface area (Å²) in [5, 5.41) is 20.0. The van der Waals surface area contributed by atoms with Gasteiger partial charge in [-0.15, -0.1) is 0 Å². The maximum Gasteiger partial charge on any atom is 0.350 e. The number of aliphatic imine (C=N–C) groups is 1. The first-order valence-electron chi connectivity index (χ1n) is 19.2. The minimum absolute atomic E-state index is 0.0125. The molecule has 11 atom stereocenters. The minimum Gasteiger partial charge on any atom is -0.459 e. The topological polar surface area (TPSA) is 194 Å². The Kier molecular flexibility index (Phi) is 13.0. The Balaban J connectivity index is 1.42. The average Bonchev–Trinajstić information content (AvgIpc) is 3.83. The van der Waals surface area contributed by atoms with Gasteiger partial charge >= 0.3 is 5.97 Å². The van der Waals surface area contributed by atoms with Gasteiger partial charge < -0.3 is 42.0 Å². The first kappa shape index (κ1) is 38.6. The number of fused-ring (bicyclic) bond motifs is 2. The number of hydrogen-bond acceptors (Lipinski definition) is 10. The number of nitrogens with zero attached hydrogens (tertiary/aromatic N) is 1. The normalized spacial score (nSPS) is 37.0. The lowest BCUT2D eigenvalue weighted by Crippen LogP contribution is -2.59. The number of piperidine rings is 1. The van der Waals surface area contributed by atoms with Gasteiger partial charge in [0.15, 0.2) is 23.1 Å². The van der Waals surface area contributed by atoms with E-state index < -0.39 is 35.1 Å². The number of aliphatic hydroxyl groups is 1. The number of allylic oxidation sites excluding steroid dienone is 1. The van der Waals surface area contributed by atoms with Crippen molar-refractivity contribution in [2.75, 3.05) is 26.7 Å². The maximum atomic E-state index is 14.5. The van der Waals surface area contributed by atoms with Crippen LogP contribution in [0.4, 0.5) is 0 Å². The van der Waals surface area contributed by atoms with Gasteiger partial charge in [-0.2, -0.15) is 0 Å². The molecule has 0 aromatic heterocycles. The number of likely N-dealkylation sites (N-methyl/N-ethyl adjacent to an activating group) is 1. The Labute approximate surface area is 298 Å². The first-order valence-corrected chi connectivity index (χ1v) is 19.2. The molecule has 2 aliphatic heterocycles. The van der Waals surface area contributed by atoms with Crippen LogP contribution in [0.15, 0.2) is 28.8 Å². The average molecular weight is 699 g/mol. The van der Waals surface area contributed by atoms with E-state index in [4.69, 9.17) is 20.9 Å². The van der Waals surface area contributed by atoms with Crippen molar-refractivity contribution in [3.63, 3.8) is 0 Å². The maximum absolute atomic E-state index is 14.5. The fraction of sp³-hybridized carbons (Fsp3) is 0.789. The molecule has 0 aromatic rings. The first-order chi connectivity index (χ1) is 24.0. The number of esters is 1. The van der Waals surface area contributed by atoms with Gasteiger partial charge in [0.05, 0.1) is 6.17 Å². The van der Waals surface area contributed by atoms with E-state index in [1.807, 2.05) is 19.9 Å². The van der Waals surface area contributed by atoms with E-state index in [0.717, 1.165) is 57.2 Å². The number of hydrogen-bond donors (Lipinski definition) is 6. The Morgan fingerprint density at radius 3 is 2.58 bits per heavy atom. The van der Waals surface area contributed by atoms with Crippen LogP contribution in [0.3, 0.4) is 0 Å². The van der Waals surface area contributed by atoms with E-state index in [0.29, 0.717) is 44.0 Å². The molecule has 2 saturated carbocycles. The molecule has 4 unspecified atom stereocenters. The number of nitrogens with two attached hydrogens (primary N) is 2. The number of aliphatic hydroxyl groups excluding tert-OH is 1. The van der Waals surface area contributed by atoms with Crippen molar-refractivity contribution < 1.29 is 29.0 Å². The van der Waals surface area contributed by atoms with Crippen molar-refractivity contribution in [3.05, 3.63) is 23.8 Å². The summed E-state index contributed by atoms with van der Waals surface area (Å²) in [6, 6.07) is -0.0446. The monoisotopic (exact) mass is 698 g/mol. The van der Waals surface area contributed by atoms with Gasteiger partial charge in [-0.05, 0) is 89.6 Å². The molecule has 0 bridgehead atoms. The molecule has 12 heteroatoms. The molecule has 2 heterocycles. The lowest BCUT2D eigenvalue weighted by atomic mass is 9.61. The number of Topliss-reactive ketones (excluding diaryl/α,β-unsaturated/α-hetero) is 2. The number of rotatable bonds is 15. The molecule has 2 saturated heterocycles. The number of carbonyl (C=O) groups is 3. The van der Waals surface area contributed by atoms with Crippen molar-refractivity contribution in [2.24, 2.45) is 46.0 Å². The Morgan fingerprint density at radius 2 is 1.92 bits per heavy atom. The number of guanidine groups is 1. The van der Waals surface area contributed by atoms with Crippen LogP contribution in [-0.2, 0) is 23.9 Å². The van der Waals surface area contributed by atoms with Crippen LogP contribution in [0, 0.1) is 29.6 Å². The molecular weight excluding hydrogens is 636 g/mol. The van der Waals surface area contributed by atoms with E-state index in [-0.39, 0.29) is 54.7 Å². The van der Waals surface area contributed by atoms with E-state index in [1.54, 1.807) is 7.05 Å². The third-order valence-electron chi connectivity index (χ3n) is 12.2. The fourth-order valence-electron chi connectivity index (χ4n) is 9.31. The van der Waals surface area contributed by atoms with E-state index >= 15 is 0 Å². The standard InChI is InChI=1S/C38H62N6O6/c1-5-24-13-14-29(42-6-2)28(21-24)31(12-9-19-45)49-35(48)38-34(47)27-11-8-7-10-26(27)33(46)37(38,50-38)17-15-23(3)20-30(44-36(40)41-4)25-16-18-43-32(39)22-25/h13-15,24-32,42-43,45H,5-12,16-22,39H2,1-4H3,(H3,40,41,44)/t24-,25?,26?,27?,28+,29+,30+,31-,32?,37-,38-/m0/s1. The Bertz CT molecular complexity index is 1320. The second-order valence-corrected chi connectivity index (χ2v) is 15.3. The SMILES string of the molecule is CCN[C@@H]1C=C[C@H](CC)C[C@H]1[C@H](CCCO)OC(=O)[C@]12O[C@@]1(CC=C(C)C[C@@H](NC(N)=NC)C1CCNC(N)C1)C(=O)C1CCCCC1C2=O. The zero-order valence-corrected chi connectivity index (χ0v) is 30.6. The molecule has 0 spiro atoms. The minimum atomic E-state index is -1.95. The van der Waals surface area contributed by atoms with Crippen molar-refractivity contribution >= 4 is 23.5 Å². The highest BCUT2D eigenvalue weighted by atomic mass is 16.7. The summed E-state index contributed by atoms with van der Waals surface area (Å²) in [7, 11) is 1.64. The molecule has 12 nitrogen and oxygen atoms in total. The van der Waals surface area contributed by atoms with Crippen LogP contribution in [-0.4, -0.2) is 90.9 Å². The Hall–Kier alpha value is -2.64. The molecule has 50 heavy (non-hydrogen) atoms. The largest absolute Gasteiger partial charge is 0.459 e. The number of epoxide rings is 1. The second kappa shape index (κ2) is 16.8. The molecule has 0 radical (unpaired) electrons. The molecule has 8 N–H and O–H groups in total. The molecule has 280 valence electrons. The molecule has 5 aliphatic rings. The molecular formula is C38H62N6O6. The summed E-state index contributed by atoms with van der Waals surface area (Å²) >= 11 is 0. The highest BCUT2D eigenvalue weighted by Crippen LogP contribution is 2.61. The van der Waals surface area contributed by atoms with Crippen molar-refractivity contribution in [3.8, 4) is 0 Å². The molecule has 5 rings (SSSR count). The number of ketones is 2. The predicted molar refractivity (Wildman–Crippen MR) is 193 cm³/mol. The molecule has 0 amide bonds. The lowest BCUT2D eigenvalue weighted by molar-refractivity contribution is -0.166. The smallest absolute Gasteiger partial charge is 0.350 e. The third kappa shape index (κ3) is 7.74. The molecule has 4 fully saturated rings. The predicted octanol–water partition coefficient (Wildman–Crippen LogP) is 2.63. The van der Waals surface area contributed by atoms with E-state index in [2.05, 4.69) is 40.0 Å². The summed E-state index contributed by atoms with van der Waals surface area (Å²) in [5.41, 5.74) is 9.83. The van der Waals surface area contributed by atoms with Crippen LogP contribution >= 0.6 is 0 Å². The number of ether oxygens (including phenoxy) is 2. The highest BCUT2D eigenvalue weighted by Gasteiger charge is 2.87. The second-order valence-electron chi connectivity index (χ2n) is 15.3. The number of carbonyl (C=O) groups excluding carboxylic acids is 3. The van der Waals surface area contributed by atoms with Crippen molar-refractivity contribution in [2.45, 2.75) is 133 Å².